The van der Waals surface area contributed by atoms with E-state index in [1.165, 1.54) is 33.4 Å². The van der Waals surface area contributed by atoms with Crippen LogP contribution in [0.3, 0.4) is 0 Å². The van der Waals surface area contributed by atoms with Gasteiger partial charge in [0.05, 0.1) is 11.0 Å². The predicted molar refractivity (Wildman–Crippen MR) is 154 cm³/mol. The lowest BCUT2D eigenvalue weighted by Crippen LogP contribution is -2.01. The van der Waals surface area contributed by atoms with Crippen molar-refractivity contribution in [3.05, 3.63) is 126 Å². The average molecular weight is 476 g/mol. The van der Waals surface area contributed by atoms with Crippen LogP contribution >= 0.6 is 8.46 Å². The fourth-order valence-electron chi connectivity index (χ4n) is 5.37. The van der Waals surface area contributed by atoms with Crippen molar-refractivity contribution in [3.63, 3.8) is 0 Å². The molecular formula is C32H22BN2P. The zero-order chi connectivity index (χ0) is 24.1. The molecule has 6 aromatic rings. The Bertz CT molecular complexity index is 1750. The Morgan fingerprint density at radius 1 is 0.639 bits per heavy atom. The van der Waals surface area contributed by atoms with E-state index in [9.17, 15) is 0 Å². The average Bonchev–Trinajstić information content (AvgIpc) is 3.51. The first-order chi connectivity index (χ1) is 17.8. The van der Waals surface area contributed by atoms with Crippen LogP contribution in [0.1, 0.15) is 11.1 Å². The molecule has 1 unspecified atom stereocenters. The lowest BCUT2D eigenvalue weighted by Gasteiger charge is -2.13. The summed E-state index contributed by atoms with van der Waals surface area (Å²) in [5.74, 6) is 0.926. The molecule has 1 heterocycles. The van der Waals surface area contributed by atoms with Gasteiger partial charge in [0.25, 0.3) is 0 Å². The molecule has 5 aromatic carbocycles. The summed E-state index contributed by atoms with van der Waals surface area (Å²) in [7, 11) is 6.43. The van der Waals surface area contributed by atoms with Gasteiger partial charge in [-0.05, 0) is 93.6 Å². The number of benzene rings is 5. The highest BCUT2D eigenvalue weighted by Crippen LogP contribution is 2.39. The van der Waals surface area contributed by atoms with Gasteiger partial charge in [-0.15, -0.1) is 8.46 Å². The smallest absolute Gasteiger partial charge is 0.145 e. The standard InChI is InChI=1S/C32H22BN2P/c33-36-27-18-24(21-14-15-23-16-22-8-4-5-11-28(22)29(23)20-21)17-25(19-27)32-34-30-12-6-7-13-31(30)35(32)26-9-2-1-3-10-26/h1-15,17-20,36H,16H2. The maximum Gasteiger partial charge on any atom is 0.145 e. The highest BCUT2D eigenvalue weighted by atomic mass is 31.1. The number of imidazole rings is 1. The fourth-order valence-corrected chi connectivity index (χ4v) is 5.85. The van der Waals surface area contributed by atoms with Gasteiger partial charge in [-0.3, -0.25) is 4.57 Å². The molecule has 0 aliphatic heterocycles. The second kappa shape index (κ2) is 8.62. The number of fused-ring (bicyclic) bond motifs is 4. The van der Waals surface area contributed by atoms with Crippen LogP contribution in [-0.2, 0) is 6.42 Å². The number of hydrogen-bond acceptors (Lipinski definition) is 1. The topological polar surface area (TPSA) is 17.8 Å². The Balaban J connectivity index is 1.42. The van der Waals surface area contributed by atoms with Gasteiger partial charge in [-0.25, -0.2) is 4.98 Å². The predicted octanol–water partition coefficient (Wildman–Crippen LogP) is 7.32. The second-order valence-corrected chi connectivity index (χ2v) is 10.1. The molecule has 0 N–H and O–H groups in total. The van der Waals surface area contributed by atoms with E-state index in [0.29, 0.717) is 0 Å². The van der Waals surface area contributed by atoms with Gasteiger partial charge in [0.2, 0.25) is 0 Å². The maximum atomic E-state index is 6.22. The van der Waals surface area contributed by atoms with Gasteiger partial charge in [-0.2, -0.15) is 0 Å². The van der Waals surface area contributed by atoms with Crippen molar-refractivity contribution in [1.29, 1.82) is 0 Å². The lowest BCUT2D eigenvalue weighted by molar-refractivity contribution is 1.10. The Morgan fingerprint density at radius 2 is 1.39 bits per heavy atom. The molecule has 2 nitrogen and oxygen atoms in total. The van der Waals surface area contributed by atoms with E-state index >= 15 is 0 Å². The molecule has 1 aromatic heterocycles. The molecule has 7 rings (SSSR count). The van der Waals surface area contributed by atoms with Gasteiger partial charge >= 0.3 is 0 Å². The van der Waals surface area contributed by atoms with E-state index in [0.717, 1.165) is 39.8 Å². The quantitative estimate of drug-likeness (QED) is 0.192. The van der Waals surface area contributed by atoms with Gasteiger partial charge in [0, 0.05) is 11.3 Å². The largest absolute Gasteiger partial charge is 0.292 e. The van der Waals surface area contributed by atoms with E-state index in [-0.39, 0.29) is 8.46 Å². The highest BCUT2D eigenvalue weighted by molar-refractivity contribution is 7.73. The Morgan fingerprint density at radius 3 is 2.28 bits per heavy atom. The van der Waals surface area contributed by atoms with Crippen molar-refractivity contribution >= 4 is 32.4 Å². The molecule has 0 saturated carbocycles. The molecule has 2 radical (unpaired) electrons. The van der Waals surface area contributed by atoms with Crippen molar-refractivity contribution in [1.82, 2.24) is 9.55 Å². The summed E-state index contributed by atoms with van der Waals surface area (Å²) in [6.45, 7) is 0. The maximum absolute atomic E-state index is 6.22. The summed E-state index contributed by atoms with van der Waals surface area (Å²) in [5, 5.41) is 1.12. The first-order valence-corrected chi connectivity index (χ1v) is 13.2. The van der Waals surface area contributed by atoms with Crippen LogP contribution in [0.15, 0.2) is 115 Å². The van der Waals surface area contributed by atoms with E-state index in [4.69, 9.17) is 12.5 Å². The monoisotopic (exact) mass is 476 g/mol. The summed E-state index contributed by atoms with van der Waals surface area (Å²) in [6.07, 6.45) is 1.00. The zero-order valence-electron chi connectivity index (χ0n) is 19.6. The Kier molecular flexibility index (Phi) is 5.12. The first kappa shape index (κ1) is 21.4. The normalized spacial score (nSPS) is 12.3. The summed E-state index contributed by atoms with van der Waals surface area (Å²) in [4.78, 5) is 5.08. The number of rotatable bonds is 4. The van der Waals surface area contributed by atoms with Gasteiger partial charge in [0.15, 0.2) is 0 Å². The van der Waals surface area contributed by atoms with E-state index in [1.54, 1.807) is 0 Å². The Labute approximate surface area is 213 Å². The molecule has 0 bridgehead atoms. The van der Waals surface area contributed by atoms with Crippen LogP contribution in [0.25, 0.3) is 50.4 Å². The van der Waals surface area contributed by atoms with E-state index in [2.05, 4.69) is 108 Å². The summed E-state index contributed by atoms with van der Waals surface area (Å²) >= 11 is 0. The molecule has 1 aliphatic carbocycles. The van der Waals surface area contributed by atoms with Crippen LogP contribution in [0.4, 0.5) is 0 Å². The minimum atomic E-state index is 0.206. The number of hydrogen-bond donors (Lipinski definition) is 0. The van der Waals surface area contributed by atoms with Crippen molar-refractivity contribution < 1.29 is 0 Å². The van der Waals surface area contributed by atoms with E-state index in [1.807, 2.05) is 12.1 Å². The highest BCUT2D eigenvalue weighted by Gasteiger charge is 2.19. The molecular weight excluding hydrogens is 454 g/mol. The van der Waals surface area contributed by atoms with Crippen molar-refractivity contribution in [3.8, 4) is 39.3 Å². The zero-order valence-corrected chi connectivity index (χ0v) is 20.6. The third kappa shape index (κ3) is 3.51. The number of nitrogens with zero attached hydrogens (tertiary/aromatic N) is 2. The molecule has 1 aliphatic rings. The van der Waals surface area contributed by atoms with Crippen molar-refractivity contribution in [2.24, 2.45) is 0 Å². The van der Waals surface area contributed by atoms with Crippen LogP contribution < -0.4 is 5.30 Å². The van der Waals surface area contributed by atoms with Crippen LogP contribution in [-0.4, -0.2) is 17.1 Å². The van der Waals surface area contributed by atoms with Crippen molar-refractivity contribution in [2.75, 3.05) is 0 Å². The van der Waals surface area contributed by atoms with Gasteiger partial charge < -0.3 is 0 Å². The molecule has 0 saturated heterocycles. The van der Waals surface area contributed by atoms with Crippen LogP contribution in [0.5, 0.6) is 0 Å². The first-order valence-electron chi connectivity index (χ1n) is 12.1. The summed E-state index contributed by atoms with van der Waals surface area (Å²) < 4.78 is 2.25. The lowest BCUT2D eigenvalue weighted by atomic mass is 9.97. The molecule has 168 valence electrons. The van der Waals surface area contributed by atoms with Crippen LogP contribution in [0, 0.1) is 0 Å². The number of para-hydroxylation sites is 3. The summed E-state index contributed by atoms with van der Waals surface area (Å²) in [6, 6.07) is 41.0. The molecule has 4 heteroatoms. The number of aromatic nitrogens is 2. The molecule has 36 heavy (non-hydrogen) atoms. The molecule has 0 amide bonds. The minimum Gasteiger partial charge on any atom is -0.292 e. The SMILES string of the molecule is [B]Pc1cc(-c2ccc3c(c2)-c2ccccc2C3)cc(-c2nc3ccccc3n2-c2ccccc2)c1. The fraction of sp³-hybridized carbons (Fsp3) is 0.0312. The van der Waals surface area contributed by atoms with Crippen LogP contribution in [0.2, 0.25) is 0 Å². The minimum absolute atomic E-state index is 0.206. The summed E-state index contributed by atoms with van der Waals surface area (Å²) in [5.41, 5.74) is 12.1. The molecule has 0 fully saturated rings. The second-order valence-electron chi connectivity index (χ2n) is 9.24. The van der Waals surface area contributed by atoms with Crippen molar-refractivity contribution in [2.45, 2.75) is 6.42 Å². The Hall–Kier alpha value is -3.94. The van der Waals surface area contributed by atoms with Gasteiger partial charge in [0.1, 0.15) is 13.4 Å². The molecule has 0 spiro atoms. The van der Waals surface area contributed by atoms with Gasteiger partial charge in [-0.1, -0.05) is 66.7 Å². The third-order valence-electron chi connectivity index (χ3n) is 7.06. The third-order valence-corrected chi connectivity index (χ3v) is 7.69. The van der Waals surface area contributed by atoms with E-state index < -0.39 is 0 Å². The molecule has 1 atom stereocenters.